The Kier molecular flexibility index (Phi) is 4.89. The van der Waals surface area contributed by atoms with Gasteiger partial charge in [-0.1, -0.05) is 0 Å². The Morgan fingerprint density at radius 2 is 1.75 bits per heavy atom. The predicted octanol–water partition coefficient (Wildman–Crippen LogP) is 2.69. The highest BCUT2D eigenvalue weighted by atomic mass is 127. The van der Waals surface area contributed by atoms with Gasteiger partial charge in [-0.05, 0) is 45.2 Å². The van der Waals surface area contributed by atoms with Crippen molar-refractivity contribution in [3.8, 4) is 0 Å². The summed E-state index contributed by atoms with van der Waals surface area (Å²) >= 11 is 5.49. The van der Waals surface area contributed by atoms with E-state index in [1.54, 1.807) is 22.6 Å². The van der Waals surface area contributed by atoms with Crippen LogP contribution in [0.25, 0.3) is 0 Å². The standard InChI is InChI=1S/C2I3NO2/c3-1(4)2(5)6(7)8. The average Bonchev–Trinajstić information content (AvgIpc) is 1.64. The predicted molar refractivity (Wildman–Crippen MR) is 56.1 cm³/mol. The third kappa shape index (κ3) is 3.37. The molecule has 0 bridgehead atoms. The van der Waals surface area contributed by atoms with Crippen molar-refractivity contribution >= 4 is 67.8 Å². The Morgan fingerprint density at radius 3 is 1.75 bits per heavy atom. The molecule has 6 heteroatoms. The first-order valence-corrected chi connectivity index (χ1v) is 4.64. The summed E-state index contributed by atoms with van der Waals surface area (Å²) in [6, 6.07) is 0. The van der Waals surface area contributed by atoms with Crippen molar-refractivity contribution in [3.05, 3.63) is 15.4 Å². The first kappa shape index (κ1) is 9.33. The summed E-state index contributed by atoms with van der Waals surface area (Å²) in [7, 11) is 0. The van der Waals surface area contributed by atoms with Gasteiger partial charge in [0.15, 0.2) is 0 Å². The molecule has 0 aromatic heterocycles. The molecule has 0 radical (unpaired) electrons. The number of hydrogen-bond acceptors (Lipinski definition) is 2. The van der Waals surface area contributed by atoms with Gasteiger partial charge in [0.2, 0.25) is 0 Å². The zero-order valence-electron chi connectivity index (χ0n) is 3.40. The van der Waals surface area contributed by atoms with Crippen LogP contribution in [0, 0.1) is 10.1 Å². The van der Waals surface area contributed by atoms with E-state index in [1.807, 2.05) is 45.2 Å². The molecule has 0 aromatic rings. The minimum atomic E-state index is -0.408. The van der Waals surface area contributed by atoms with Crippen LogP contribution >= 0.6 is 67.8 Å². The smallest absolute Gasteiger partial charge is 0.258 e. The molecule has 0 unspecified atom stereocenters. The van der Waals surface area contributed by atoms with E-state index in [1.165, 1.54) is 0 Å². The third-order valence-corrected chi connectivity index (χ3v) is 4.34. The van der Waals surface area contributed by atoms with Gasteiger partial charge in [-0.2, -0.15) is 0 Å². The number of nitrogens with zero attached hydrogens (tertiary/aromatic N) is 1. The summed E-state index contributed by atoms with van der Waals surface area (Å²) in [4.78, 5) is 9.46. The highest BCUT2D eigenvalue weighted by Gasteiger charge is 2.07. The second kappa shape index (κ2) is 4.19. The van der Waals surface area contributed by atoms with E-state index in [0.29, 0.717) is 1.59 Å². The van der Waals surface area contributed by atoms with Crippen molar-refractivity contribution in [2.75, 3.05) is 0 Å². The SMILES string of the molecule is O=[N+]([O-])C(I)=C(I)I. The Balaban J connectivity index is 4.23. The maximum absolute atomic E-state index is 9.87. The van der Waals surface area contributed by atoms with Crippen LogP contribution in [-0.4, -0.2) is 4.92 Å². The molecular weight excluding hydrogens is 451 g/mol. The summed E-state index contributed by atoms with van der Waals surface area (Å²) in [5, 5.41) is 9.87. The fraction of sp³-hybridized carbons (Fsp3) is 0. The van der Waals surface area contributed by atoms with Gasteiger partial charge in [0, 0.05) is 22.6 Å². The molecule has 8 heavy (non-hydrogen) atoms. The molecule has 0 rings (SSSR count). The van der Waals surface area contributed by atoms with Gasteiger partial charge in [0.1, 0.15) is 1.59 Å². The zero-order chi connectivity index (χ0) is 6.73. The Labute approximate surface area is 86.9 Å². The largest absolute Gasteiger partial charge is 0.323 e. The van der Waals surface area contributed by atoms with Gasteiger partial charge < -0.3 is 0 Å². The minimum Gasteiger partial charge on any atom is -0.258 e. The molecule has 0 N–H and O–H groups in total. The van der Waals surface area contributed by atoms with Gasteiger partial charge in [-0.3, -0.25) is 10.1 Å². The first-order valence-electron chi connectivity index (χ1n) is 1.41. The molecule has 0 heterocycles. The normalized spacial score (nSPS) is 8.38. The minimum absolute atomic E-state index is 0.184. The molecule has 0 aliphatic carbocycles. The second-order valence-corrected chi connectivity index (χ2v) is 6.05. The van der Waals surface area contributed by atoms with Gasteiger partial charge in [0.25, 0.3) is 0 Å². The molecule has 0 saturated heterocycles. The van der Waals surface area contributed by atoms with E-state index >= 15 is 0 Å². The summed E-state index contributed by atoms with van der Waals surface area (Å²) in [6.45, 7) is 0. The average molecular weight is 451 g/mol. The molecule has 0 aliphatic heterocycles. The lowest BCUT2D eigenvalue weighted by Crippen LogP contribution is -1.89. The zero-order valence-corrected chi connectivity index (χ0v) is 9.87. The molecule has 0 spiro atoms. The van der Waals surface area contributed by atoms with E-state index in [2.05, 4.69) is 0 Å². The van der Waals surface area contributed by atoms with Crippen molar-refractivity contribution in [2.24, 2.45) is 0 Å². The van der Waals surface area contributed by atoms with Gasteiger partial charge in [-0.15, -0.1) is 0 Å². The topological polar surface area (TPSA) is 43.1 Å². The van der Waals surface area contributed by atoms with Crippen LogP contribution in [0.4, 0.5) is 0 Å². The number of halogens is 3. The molecule has 0 aromatic carbocycles. The van der Waals surface area contributed by atoms with E-state index < -0.39 is 4.92 Å². The van der Waals surface area contributed by atoms with Crippen LogP contribution in [0.2, 0.25) is 0 Å². The summed E-state index contributed by atoms with van der Waals surface area (Å²) in [5.74, 6) is 0. The lowest BCUT2D eigenvalue weighted by Gasteiger charge is -1.83. The van der Waals surface area contributed by atoms with Gasteiger partial charge in [0.05, 0.1) is 4.92 Å². The monoisotopic (exact) mass is 451 g/mol. The van der Waals surface area contributed by atoms with E-state index in [0.717, 1.165) is 0 Å². The number of nitro groups is 1. The van der Waals surface area contributed by atoms with Crippen molar-refractivity contribution in [2.45, 2.75) is 0 Å². The maximum Gasteiger partial charge on any atom is 0.323 e. The molecule has 0 aliphatic rings. The van der Waals surface area contributed by atoms with Crippen molar-refractivity contribution < 1.29 is 4.92 Å². The molecule has 0 saturated carbocycles. The molecular formula is C2I3NO2. The van der Waals surface area contributed by atoms with Crippen molar-refractivity contribution in [1.29, 1.82) is 0 Å². The lowest BCUT2D eigenvalue weighted by atomic mass is 11.1. The Hall–Kier alpha value is 1.33. The van der Waals surface area contributed by atoms with Gasteiger partial charge in [-0.25, -0.2) is 0 Å². The van der Waals surface area contributed by atoms with E-state index in [9.17, 15) is 10.1 Å². The van der Waals surface area contributed by atoms with Crippen LogP contribution in [0.15, 0.2) is 5.29 Å². The lowest BCUT2D eigenvalue weighted by molar-refractivity contribution is -0.406. The molecule has 46 valence electrons. The van der Waals surface area contributed by atoms with Crippen molar-refractivity contribution in [3.63, 3.8) is 0 Å². The van der Waals surface area contributed by atoms with Crippen molar-refractivity contribution in [1.82, 2.24) is 0 Å². The number of rotatable bonds is 1. The first-order chi connectivity index (χ1) is 3.55. The van der Waals surface area contributed by atoms with Crippen LogP contribution < -0.4 is 0 Å². The van der Waals surface area contributed by atoms with Crippen LogP contribution in [-0.2, 0) is 0 Å². The summed E-state index contributed by atoms with van der Waals surface area (Å²) in [6.07, 6.45) is 0. The molecule has 3 nitrogen and oxygen atoms in total. The summed E-state index contributed by atoms with van der Waals surface area (Å²) < 4.78 is 0.870. The van der Waals surface area contributed by atoms with Gasteiger partial charge >= 0.3 is 3.70 Å². The maximum atomic E-state index is 9.87. The molecule has 0 fully saturated rings. The fourth-order valence-electron chi connectivity index (χ4n) is 0.0690. The van der Waals surface area contributed by atoms with E-state index in [-0.39, 0.29) is 3.70 Å². The highest BCUT2D eigenvalue weighted by molar-refractivity contribution is 14.2. The van der Waals surface area contributed by atoms with Crippen LogP contribution in [0.5, 0.6) is 0 Å². The fourth-order valence-corrected chi connectivity index (χ4v) is 0.463. The quantitative estimate of drug-likeness (QED) is 0.267. The molecule has 0 atom stereocenters. The van der Waals surface area contributed by atoms with Crippen LogP contribution in [0.1, 0.15) is 0 Å². The Morgan fingerprint density at radius 1 is 1.38 bits per heavy atom. The summed E-state index contributed by atoms with van der Waals surface area (Å²) in [5.41, 5.74) is 0. The highest BCUT2D eigenvalue weighted by Crippen LogP contribution is 2.24. The molecule has 0 amide bonds. The number of hydrogen-bond donors (Lipinski definition) is 0. The third-order valence-electron chi connectivity index (χ3n) is 0.316. The second-order valence-electron chi connectivity index (χ2n) is 0.808. The Bertz CT molecular complexity index is 138. The van der Waals surface area contributed by atoms with E-state index in [4.69, 9.17) is 0 Å². The van der Waals surface area contributed by atoms with Crippen LogP contribution in [0.3, 0.4) is 0 Å².